The molecule has 8 nitrogen and oxygen atoms in total. The topological polar surface area (TPSA) is 115 Å². The zero-order valence-corrected chi connectivity index (χ0v) is 19.2. The van der Waals surface area contributed by atoms with E-state index in [-0.39, 0.29) is 26.3 Å². The third-order valence-corrected chi connectivity index (χ3v) is 6.64. The highest BCUT2D eigenvalue weighted by Gasteiger charge is 2.39. The Morgan fingerprint density at radius 3 is 1.06 bits per heavy atom. The van der Waals surface area contributed by atoms with Gasteiger partial charge in [0.15, 0.2) is 0 Å². The van der Waals surface area contributed by atoms with Crippen LogP contribution in [-0.4, -0.2) is 69.9 Å². The van der Waals surface area contributed by atoms with E-state index in [0.717, 1.165) is 25.7 Å². The minimum absolute atomic E-state index is 0.125. The molecule has 2 aliphatic rings. The number of unbranched alkanes of at least 4 members (excludes halogenated alkanes) is 6. The molecule has 0 radical (unpaired) electrons. The second kappa shape index (κ2) is 10.4. The third-order valence-electron chi connectivity index (χ3n) is 6.64. The Bertz CT molecular complexity index is 983. The molecule has 0 aromatic heterocycles. The van der Waals surface area contributed by atoms with Gasteiger partial charge in [0.25, 0.3) is 23.6 Å². The van der Waals surface area contributed by atoms with Gasteiger partial charge in [0, 0.05) is 59.3 Å². The van der Waals surface area contributed by atoms with Gasteiger partial charge < -0.3 is 10.2 Å². The Morgan fingerprint density at radius 2 is 0.765 bits per heavy atom. The highest BCUT2D eigenvalue weighted by Crippen LogP contribution is 2.38. The summed E-state index contributed by atoms with van der Waals surface area (Å²) < 4.78 is 0. The van der Waals surface area contributed by atoms with Gasteiger partial charge in [0.2, 0.25) is 0 Å². The summed E-state index contributed by atoms with van der Waals surface area (Å²) in [6.07, 6.45) is 5.94. The predicted molar refractivity (Wildman–Crippen MR) is 126 cm³/mol. The number of rotatable bonds is 12. The maximum absolute atomic E-state index is 13.2. The van der Waals surface area contributed by atoms with Crippen LogP contribution in [0.5, 0.6) is 0 Å². The molecule has 0 spiro atoms. The molecule has 0 saturated heterocycles. The number of aliphatic hydroxyl groups is 2. The first kappa shape index (κ1) is 24.0. The quantitative estimate of drug-likeness (QED) is 0.367. The highest BCUT2D eigenvalue weighted by atomic mass is 16.3. The van der Waals surface area contributed by atoms with E-state index < -0.39 is 23.6 Å². The molecule has 4 rings (SSSR count). The van der Waals surface area contributed by atoms with E-state index in [1.807, 2.05) is 0 Å². The van der Waals surface area contributed by atoms with Crippen LogP contribution in [0.2, 0.25) is 0 Å². The van der Waals surface area contributed by atoms with E-state index in [2.05, 4.69) is 0 Å². The molecule has 2 heterocycles. The molecule has 180 valence electrons. The summed E-state index contributed by atoms with van der Waals surface area (Å²) in [7, 11) is 0. The van der Waals surface area contributed by atoms with Crippen molar-refractivity contribution in [2.45, 2.75) is 51.4 Å². The average molecular weight is 467 g/mol. The Kier molecular flexibility index (Phi) is 7.38. The van der Waals surface area contributed by atoms with Crippen LogP contribution in [0.4, 0.5) is 0 Å². The number of benzene rings is 2. The molecule has 4 amide bonds. The van der Waals surface area contributed by atoms with Crippen LogP contribution in [0.3, 0.4) is 0 Å². The molecule has 2 aromatic rings. The number of hydrogen-bond acceptors (Lipinski definition) is 6. The fourth-order valence-corrected chi connectivity index (χ4v) is 4.85. The molecule has 2 N–H and O–H groups in total. The molecule has 0 aliphatic carbocycles. The number of imide groups is 2. The number of aliphatic hydroxyl groups excluding tert-OH is 2. The van der Waals surface area contributed by atoms with Gasteiger partial charge in [-0.15, -0.1) is 0 Å². The largest absolute Gasteiger partial charge is 0.396 e. The van der Waals surface area contributed by atoms with E-state index in [1.54, 1.807) is 24.3 Å². The van der Waals surface area contributed by atoms with Crippen LogP contribution >= 0.6 is 0 Å². The van der Waals surface area contributed by atoms with E-state index >= 15 is 0 Å². The van der Waals surface area contributed by atoms with Crippen molar-refractivity contribution >= 4 is 34.4 Å². The fraction of sp³-hybridized carbons (Fsp3) is 0.462. The van der Waals surface area contributed by atoms with Crippen LogP contribution in [0.15, 0.2) is 24.3 Å². The molecule has 8 heteroatoms. The second-order valence-electron chi connectivity index (χ2n) is 8.87. The second-order valence-corrected chi connectivity index (χ2v) is 8.87. The van der Waals surface area contributed by atoms with Crippen LogP contribution in [0.25, 0.3) is 10.8 Å². The van der Waals surface area contributed by atoms with Crippen molar-refractivity contribution in [3.8, 4) is 0 Å². The molecule has 0 bridgehead atoms. The molecule has 2 aliphatic heterocycles. The monoisotopic (exact) mass is 466 g/mol. The highest BCUT2D eigenvalue weighted by molar-refractivity contribution is 6.33. The zero-order chi connectivity index (χ0) is 24.2. The van der Waals surface area contributed by atoms with Gasteiger partial charge in [0.05, 0.1) is 0 Å². The lowest BCUT2D eigenvalue weighted by Crippen LogP contribution is -2.43. The van der Waals surface area contributed by atoms with Crippen molar-refractivity contribution in [2.75, 3.05) is 26.3 Å². The molecule has 2 aromatic carbocycles. The average Bonchev–Trinajstić information content (AvgIpc) is 2.84. The summed E-state index contributed by atoms with van der Waals surface area (Å²) in [5, 5.41) is 18.6. The fourth-order valence-electron chi connectivity index (χ4n) is 4.85. The van der Waals surface area contributed by atoms with Crippen LogP contribution in [-0.2, 0) is 0 Å². The maximum Gasteiger partial charge on any atom is 0.261 e. The Morgan fingerprint density at radius 1 is 0.471 bits per heavy atom. The lowest BCUT2D eigenvalue weighted by molar-refractivity contribution is 0.0586. The van der Waals surface area contributed by atoms with Crippen LogP contribution in [0, 0.1) is 0 Å². The summed E-state index contributed by atoms with van der Waals surface area (Å²) in [5.41, 5.74) is 1.35. The summed E-state index contributed by atoms with van der Waals surface area (Å²) in [4.78, 5) is 55.2. The summed E-state index contributed by atoms with van der Waals surface area (Å²) in [5.74, 6) is -1.63. The van der Waals surface area contributed by atoms with Crippen molar-refractivity contribution in [2.24, 2.45) is 0 Å². The maximum atomic E-state index is 13.2. The van der Waals surface area contributed by atoms with Crippen molar-refractivity contribution in [3.63, 3.8) is 0 Å². The minimum atomic E-state index is -0.408. The Hall–Kier alpha value is -3.10. The lowest BCUT2D eigenvalue weighted by Gasteiger charge is -2.32. The van der Waals surface area contributed by atoms with E-state index in [4.69, 9.17) is 10.2 Å². The van der Waals surface area contributed by atoms with Crippen molar-refractivity contribution in [1.29, 1.82) is 0 Å². The van der Waals surface area contributed by atoms with Gasteiger partial charge in [-0.05, 0) is 49.9 Å². The van der Waals surface area contributed by atoms with Gasteiger partial charge in [-0.2, -0.15) is 0 Å². The lowest BCUT2D eigenvalue weighted by atomic mass is 9.86. The number of hydrogen-bond donors (Lipinski definition) is 2. The third kappa shape index (κ3) is 4.23. The van der Waals surface area contributed by atoms with Gasteiger partial charge in [-0.25, -0.2) is 0 Å². The number of amides is 4. The predicted octanol–water partition coefficient (Wildman–Crippen LogP) is 3.14. The molecular formula is C26H30N2O6. The van der Waals surface area contributed by atoms with Gasteiger partial charge in [-0.3, -0.25) is 29.0 Å². The Labute approximate surface area is 198 Å². The number of carbonyl (C=O) groups is 4. The first-order valence-corrected chi connectivity index (χ1v) is 12.0. The zero-order valence-electron chi connectivity index (χ0n) is 19.2. The van der Waals surface area contributed by atoms with E-state index in [9.17, 15) is 19.2 Å². The van der Waals surface area contributed by atoms with Gasteiger partial charge >= 0.3 is 0 Å². The van der Waals surface area contributed by atoms with E-state index in [0.29, 0.717) is 58.7 Å². The first-order chi connectivity index (χ1) is 16.5. The minimum Gasteiger partial charge on any atom is -0.396 e. The SMILES string of the molecule is O=C1c2ccc3c4c(ccc(c24)C(=O)N1CCCCCCO)C(=O)N(CCCCCCO)C3=O. The normalized spacial score (nSPS) is 15.1. The molecule has 0 saturated carbocycles. The standard InChI is InChI=1S/C26H30N2O6/c29-15-7-3-1-5-13-27-23(31)17-9-11-19-22-20(12-10-18(21(17)22)24(27)32)26(34)28(25(19)33)14-6-2-4-8-16-30/h9-12,29-30H,1-8,13-16H2. The smallest absolute Gasteiger partial charge is 0.261 e. The summed E-state index contributed by atoms with van der Waals surface area (Å²) in [6, 6.07) is 6.36. The molecule has 0 unspecified atom stereocenters. The summed E-state index contributed by atoms with van der Waals surface area (Å²) >= 11 is 0. The van der Waals surface area contributed by atoms with Crippen LogP contribution < -0.4 is 0 Å². The molecule has 0 fully saturated rings. The summed E-state index contributed by atoms with van der Waals surface area (Å²) in [6.45, 7) is 0.825. The van der Waals surface area contributed by atoms with Crippen molar-refractivity contribution in [1.82, 2.24) is 9.80 Å². The molecular weight excluding hydrogens is 436 g/mol. The van der Waals surface area contributed by atoms with Crippen molar-refractivity contribution < 1.29 is 29.4 Å². The number of nitrogens with zero attached hydrogens (tertiary/aromatic N) is 2. The molecule has 34 heavy (non-hydrogen) atoms. The first-order valence-electron chi connectivity index (χ1n) is 12.0. The van der Waals surface area contributed by atoms with Crippen LogP contribution in [0.1, 0.15) is 92.8 Å². The molecule has 0 atom stereocenters. The van der Waals surface area contributed by atoms with Gasteiger partial charge in [0.1, 0.15) is 0 Å². The van der Waals surface area contributed by atoms with E-state index in [1.165, 1.54) is 9.80 Å². The van der Waals surface area contributed by atoms with Crippen molar-refractivity contribution in [3.05, 3.63) is 46.5 Å². The van der Waals surface area contributed by atoms with Gasteiger partial charge in [-0.1, -0.05) is 25.7 Å². The number of carbonyl (C=O) groups excluding carboxylic acids is 4. The Balaban J connectivity index is 1.62.